The van der Waals surface area contributed by atoms with Crippen LogP contribution in [0.5, 0.6) is 0 Å². The zero-order valence-corrected chi connectivity index (χ0v) is 17.9. The van der Waals surface area contributed by atoms with E-state index in [1.54, 1.807) is 23.2 Å². The molecule has 0 aliphatic carbocycles. The fourth-order valence-electron chi connectivity index (χ4n) is 4.34. The summed E-state index contributed by atoms with van der Waals surface area (Å²) >= 11 is 1.47. The van der Waals surface area contributed by atoms with E-state index in [0.717, 1.165) is 15.8 Å². The van der Waals surface area contributed by atoms with E-state index in [1.807, 2.05) is 18.2 Å². The highest BCUT2D eigenvalue weighted by molar-refractivity contribution is 7.16. The van der Waals surface area contributed by atoms with Gasteiger partial charge in [-0.25, -0.2) is 14.2 Å². The number of aryl methyl sites for hydroxylation is 1. The molecule has 8 nitrogen and oxygen atoms in total. The quantitative estimate of drug-likeness (QED) is 0.498. The molecule has 2 aromatic heterocycles. The molecule has 1 aliphatic heterocycles. The Balaban J connectivity index is 1.77. The van der Waals surface area contributed by atoms with Gasteiger partial charge < -0.3 is 16.4 Å². The predicted molar refractivity (Wildman–Crippen MR) is 119 cm³/mol. The van der Waals surface area contributed by atoms with Gasteiger partial charge in [-0.2, -0.15) is 5.10 Å². The minimum absolute atomic E-state index is 0.148. The van der Waals surface area contributed by atoms with Crippen LogP contribution in [0.4, 0.5) is 9.18 Å². The summed E-state index contributed by atoms with van der Waals surface area (Å²) in [5.41, 5.74) is 16.9. The van der Waals surface area contributed by atoms with E-state index in [4.69, 9.17) is 11.5 Å². The first-order valence-corrected chi connectivity index (χ1v) is 10.8. The van der Waals surface area contributed by atoms with Crippen molar-refractivity contribution in [3.8, 4) is 11.3 Å². The Morgan fingerprint density at radius 1 is 1.16 bits per heavy atom. The van der Waals surface area contributed by atoms with Gasteiger partial charge in [-0.15, -0.1) is 11.3 Å². The van der Waals surface area contributed by atoms with Crippen molar-refractivity contribution in [2.45, 2.75) is 19.5 Å². The second-order valence-electron chi connectivity index (χ2n) is 7.73. The third kappa shape index (κ3) is 3.19. The van der Waals surface area contributed by atoms with Crippen LogP contribution in [0, 0.1) is 12.7 Å². The molecule has 3 amide bonds. The highest BCUT2D eigenvalue weighted by Gasteiger charge is 2.38. The second-order valence-corrected chi connectivity index (χ2v) is 8.61. The maximum atomic E-state index is 14.1. The molecule has 162 valence electrons. The van der Waals surface area contributed by atoms with Gasteiger partial charge in [-0.3, -0.25) is 9.48 Å². The molecule has 5 rings (SSSR count). The molecule has 0 bridgehead atoms. The second kappa shape index (κ2) is 7.41. The lowest BCUT2D eigenvalue weighted by atomic mass is 9.94. The molecule has 0 radical (unpaired) electrons. The van der Waals surface area contributed by atoms with Crippen molar-refractivity contribution in [2.75, 3.05) is 6.54 Å². The van der Waals surface area contributed by atoms with Crippen LogP contribution in [-0.2, 0) is 6.54 Å². The topological polar surface area (TPSA) is 120 Å². The van der Waals surface area contributed by atoms with Crippen LogP contribution in [-0.4, -0.2) is 38.1 Å². The molecule has 1 aliphatic rings. The number of benzene rings is 2. The summed E-state index contributed by atoms with van der Waals surface area (Å²) in [5, 5.41) is 4.61. The number of primary amides is 2. The molecule has 4 aromatic rings. The van der Waals surface area contributed by atoms with Crippen molar-refractivity contribution in [1.82, 2.24) is 19.7 Å². The standard InChI is InChI=1S/C22H19FN6O2S/c1-11-6-13(8-14(23)7-11)18-17(21(24)30)20-19(28(22(25)31)4-5-29(20)27-18)12-2-3-15-16(9-12)32-10-26-15/h2-3,6-10,19H,4-5H2,1H3,(H2,24,30)(H2,25,31). The van der Waals surface area contributed by atoms with Crippen LogP contribution >= 0.6 is 11.3 Å². The maximum absolute atomic E-state index is 14.1. The summed E-state index contributed by atoms with van der Waals surface area (Å²) in [6.07, 6.45) is 0. The molecule has 1 atom stereocenters. The first kappa shape index (κ1) is 20.1. The molecule has 32 heavy (non-hydrogen) atoms. The molecule has 0 saturated heterocycles. The lowest BCUT2D eigenvalue weighted by Crippen LogP contribution is -2.46. The Hall–Kier alpha value is -3.79. The largest absolute Gasteiger partial charge is 0.365 e. The van der Waals surface area contributed by atoms with Crippen molar-refractivity contribution in [1.29, 1.82) is 0 Å². The average molecular weight is 450 g/mol. The smallest absolute Gasteiger partial charge is 0.315 e. The third-order valence-electron chi connectivity index (χ3n) is 5.63. The van der Waals surface area contributed by atoms with E-state index in [9.17, 15) is 14.0 Å². The molecular weight excluding hydrogens is 431 g/mol. The Labute approximate surface area is 186 Å². The minimum atomic E-state index is -0.710. The Morgan fingerprint density at radius 3 is 2.69 bits per heavy atom. The van der Waals surface area contributed by atoms with E-state index in [0.29, 0.717) is 29.9 Å². The molecular formula is C22H19FN6O2S. The van der Waals surface area contributed by atoms with Crippen molar-refractivity contribution in [2.24, 2.45) is 11.5 Å². The fraction of sp³-hybridized carbons (Fsp3) is 0.182. The number of aromatic nitrogens is 3. The summed E-state index contributed by atoms with van der Waals surface area (Å²) in [7, 11) is 0. The summed E-state index contributed by atoms with van der Waals surface area (Å²) in [6, 6.07) is 8.79. The molecule has 0 spiro atoms. The van der Waals surface area contributed by atoms with E-state index < -0.39 is 23.8 Å². The van der Waals surface area contributed by atoms with Crippen LogP contribution in [0.25, 0.3) is 21.5 Å². The number of amides is 3. The number of fused-ring (bicyclic) bond motifs is 2. The number of urea groups is 1. The van der Waals surface area contributed by atoms with E-state index >= 15 is 0 Å². The third-order valence-corrected chi connectivity index (χ3v) is 6.42. The van der Waals surface area contributed by atoms with Crippen molar-refractivity contribution in [3.05, 3.63) is 70.1 Å². The zero-order valence-electron chi connectivity index (χ0n) is 17.1. The van der Waals surface area contributed by atoms with Gasteiger partial charge in [-0.05, 0) is 48.4 Å². The van der Waals surface area contributed by atoms with Gasteiger partial charge in [0.25, 0.3) is 5.91 Å². The van der Waals surface area contributed by atoms with Crippen LogP contribution < -0.4 is 11.5 Å². The molecule has 3 heterocycles. The van der Waals surface area contributed by atoms with Gasteiger partial charge in [-0.1, -0.05) is 6.07 Å². The minimum Gasteiger partial charge on any atom is -0.365 e. The number of nitrogens with two attached hydrogens (primary N) is 2. The average Bonchev–Trinajstić information content (AvgIpc) is 3.36. The highest BCUT2D eigenvalue weighted by Crippen LogP contribution is 2.39. The Kier molecular flexibility index (Phi) is 4.66. The first-order chi connectivity index (χ1) is 15.3. The summed E-state index contributed by atoms with van der Waals surface area (Å²) < 4.78 is 16.7. The van der Waals surface area contributed by atoms with E-state index in [1.165, 1.54) is 28.4 Å². The van der Waals surface area contributed by atoms with Gasteiger partial charge in [0.05, 0.1) is 33.5 Å². The number of rotatable bonds is 3. The molecule has 4 N–H and O–H groups in total. The van der Waals surface area contributed by atoms with Crippen LogP contribution in [0.3, 0.4) is 0 Å². The maximum Gasteiger partial charge on any atom is 0.315 e. The zero-order chi connectivity index (χ0) is 22.6. The van der Waals surface area contributed by atoms with E-state index in [-0.39, 0.29) is 11.3 Å². The number of carbonyl (C=O) groups is 2. The van der Waals surface area contributed by atoms with E-state index in [2.05, 4.69) is 10.1 Å². The number of nitrogens with zero attached hydrogens (tertiary/aromatic N) is 4. The molecule has 2 aromatic carbocycles. The van der Waals surface area contributed by atoms with Crippen LogP contribution in [0.15, 0.2) is 41.9 Å². The summed E-state index contributed by atoms with van der Waals surface area (Å²) in [4.78, 5) is 30.8. The van der Waals surface area contributed by atoms with Crippen LogP contribution in [0.2, 0.25) is 0 Å². The normalized spacial score (nSPS) is 15.7. The highest BCUT2D eigenvalue weighted by atomic mass is 32.1. The molecule has 0 fully saturated rings. The lowest BCUT2D eigenvalue weighted by Gasteiger charge is -2.35. The number of halogens is 1. The summed E-state index contributed by atoms with van der Waals surface area (Å²) in [5.74, 6) is -1.15. The van der Waals surface area contributed by atoms with Crippen molar-refractivity contribution >= 4 is 33.5 Å². The van der Waals surface area contributed by atoms with Gasteiger partial charge in [0, 0.05) is 12.1 Å². The number of carbonyl (C=O) groups excluding carboxylic acids is 2. The first-order valence-electron chi connectivity index (χ1n) is 9.91. The number of thiazole rings is 1. The Bertz CT molecular complexity index is 1370. The van der Waals surface area contributed by atoms with Crippen molar-refractivity contribution in [3.63, 3.8) is 0 Å². The molecule has 0 saturated carbocycles. The van der Waals surface area contributed by atoms with Gasteiger partial charge in [0.15, 0.2) is 0 Å². The van der Waals surface area contributed by atoms with Crippen molar-refractivity contribution < 1.29 is 14.0 Å². The summed E-state index contributed by atoms with van der Waals surface area (Å²) in [6.45, 7) is 2.38. The van der Waals surface area contributed by atoms with Gasteiger partial charge in [0.2, 0.25) is 0 Å². The monoisotopic (exact) mass is 450 g/mol. The number of hydrogen-bond donors (Lipinski definition) is 2. The molecule has 10 heteroatoms. The van der Waals surface area contributed by atoms with Crippen LogP contribution in [0.1, 0.15) is 33.2 Å². The van der Waals surface area contributed by atoms with Gasteiger partial charge >= 0.3 is 6.03 Å². The lowest BCUT2D eigenvalue weighted by molar-refractivity contribution is 0.0995. The fourth-order valence-corrected chi connectivity index (χ4v) is 5.06. The molecule has 1 unspecified atom stereocenters. The number of hydrogen-bond acceptors (Lipinski definition) is 5. The van der Waals surface area contributed by atoms with Gasteiger partial charge in [0.1, 0.15) is 17.6 Å². The predicted octanol–water partition coefficient (Wildman–Crippen LogP) is 3.19. The SMILES string of the molecule is Cc1cc(F)cc(-c2nn3c(c2C(N)=O)C(c2ccc4ncsc4c2)N(C(N)=O)CC3)c1. The Morgan fingerprint density at radius 2 is 1.97 bits per heavy atom.